The molecule has 0 bridgehead atoms. The van der Waals surface area contributed by atoms with Crippen LogP contribution in [0.1, 0.15) is 36.9 Å². The molecular formula is C14H16F3NO2. The lowest BCUT2D eigenvalue weighted by molar-refractivity contribution is -0.147. The molecule has 1 aromatic rings. The number of alkyl halides is 3. The fourth-order valence-electron chi connectivity index (χ4n) is 2.00. The number of carbonyl (C=O) groups excluding carboxylic acids is 1. The Bertz CT molecular complexity index is 484. The van der Waals surface area contributed by atoms with Crippen LogP contribution in [-0.4, -0.2) is 18.6 Å². The van der Waals surface area contributed by atoms with Crippen LogP contribution >= 0.6 is 0 Å². The average molecular weight is 287 g/mol. The lowest BCUT2D eigenvalue weighted by Gasteiger charge is -2.21. The van der Waals surface area contributed by atoms with Crippen molar-refractivity contribution in [3.8, 4) is 0 Å². The molecule has 0 radical (unpaired) electrons. The van der Waals surface area contributed by atoms with E-state index in [1.54, 1.807) is 6.92 Å². The van der Waals surface area contributed by atoms with Crippen molar-refractivity contribution in [2.24, 2.45) is 0 Å². The van der Waals surface area contributed by atoms with E-state index in [-0.39, 0.29) is 18.2 Å². The Morgan fingerprint density at radius 3 is 2.60 bits per heavy atom. The second kappa shape index (κ2) is 5.83. The van der Waals surface area contributed by atoms with E-state index in [4.69, 9.17) is 4.74 Å². The van der Waals surface area contributed by atoms with E-state index in [0.29, 0.717) is 0 Å². The first kappa shape index (κ1) is 14.8. The van der Waals surface area contributed by atoms with Crippen LogP contribution in [0.15, 0.2) is 24.3 Å². The van der Waals surface area contributed by atoms with Gasteiger partial charge in [0, 0.05) is 6.04 Å². The summed E-state index contributed by atoms with van der Waals surface area (Å²) < 4.78 is 44.0. The van der Waals surface area contributed by atoms with Gasteiger partial charge in [-0.15, -0.1) is 0 Å². The summed E-state index contributed by atoms with van der Waals surface area (Å²) in [7, 11) is 0. The summed E-state index contributed by atoms with van der Waals surface area (Å²) in [4.78, 5) is 11.9. The van der Waals surface area contributed by atoms with Crippen molar-refractivity contribution in [1.82, 2.24) is 5.32 Å². The Morgan fingerprint density at radius 1 is 1.40 bits per heavy atom. The highest BCUT2D eigenvalue weighted by atomic mass is 19.4. The number of hydrogen-bond donors (Lipinski definition) is 1. The summed E-state index contributed by atoms with van der Waals surface area (Å²) in [5.74, 6) is -0.670. The second-order valence-electron chi connectivity index (χ2n) is 4.71. The molecule has 0 heterocycles. The summed E-state index contributed by atoms with van der Waals surface area (Å²) >= 11 is 0. The van der Waals surface area contributed by atoms with Gasteiger partial charge in [-0.1, -0.05) is 18.2 Å². The highest BCUT2D eigenvalue weighted by Gasteiger charge is 2.38. The van der Waals surface area contributed by atoms with Gasteiger partial charge < -0.3 is 4.74 Å². The van der Waals surface area contributed by atoms with Crippen LogP contribution in [0, 0.1) is 0 Å². The zero-order valence-electron chi connectivity index (χ0n) is 11.0. The molecule has 0 saturated heterocycles. The Kier molecular flexibility index (Phi) is 4.32. The van der Waals surface area contributed by atoms with Gasteiger partial charge in [0.2, 0.25) is 0 Å². The summed E-state index contributed by atoms with van der Waals surface area (Å²) in [6.45, 7) is 1.76. The van der Waals surface area contributed by atoms with E-state index in [1.807, 2.05) is 0 Å². The lowest BCUT2D eigenvalue weighted by atomic mass is 9.99. The van der Waals surface area contributed by atoms with Gasteiger partial charge in [0.25, 0.3) is 0 Å². The van der Waals surface area contributed by atoms with Crippen molar-refractivity contribution in [2.75, 3.05) is 6.61 Å². The molecule has 110 valence electrons. The molecule has 0 aliphatic heterocycles. The number of halogens is 3. The van der Waals surface area contributed by atoms with Crippen LogP contribution in [0.2, 0.25) is 0 Å². The lowest BCUT2D eigenvalue weighted by Crippen LogP contribution is -2.33. The monoisotopic (exact) mass is 287 g/mol. The quantitative estimate of drug-likeness (QED) is 0.846. The van der Waals surface area contributed by atoms with Crippen molar-refractivity contribution >= 4 is 5.97 Å². The molecule has 6 heteroatoms. The molecule has 1 fully saturated rings. The standard InChI is InChI=1S/C14H16F3NO2/c1-2-20-13(19)12(18-9-7-8-9)10-5-3-4-6-11(10)14(15,16)17/h3-6,9,12,18H,2,7-8H2,1H3. The molecule has 1 N–H and O–H groups in total. The first-order valence-corrected chi connectivity index (χ1v) is 6.52. The molecule has 2 rings (SSSR count). The van der Waals surface area contributed by atoms with Crippen LogP contribution in [0.4, 0.5) is 13.2 Å². The normalized spacial score (nSPS) is 16.8. The summed E-state index contributed by atoms with van der Waals surface area (Å²) in [6, 6.07) is 4.12. The van der Waals surface area contributed by atoms with Gasteiger partial charge in [0.1, 0.15) is 6.04 Å². The summed E-state index contributed by atoms with van der Waals surface area (Å²) in [5.41, 5.74) is -0.878. The van der Waals surface area contributed by atoms with Gasteiger partial charge >= 0.3 is 12.1 Å². The predicted octanol–water partition coefficient (Wildman–Crippen LogP) is 3.06. The molecule has 0 spiro atoms. The van der Waals surface area contributed by atoms with Crippen molar-refractivity contribution in [2.45, 2.75) is 38.0 Å². The van der Waals surface area contributed by atoms with Crippen molar-refractivity contribution in [3.05, 3.63) is 35.4 Å². The Balaban J connectivity index is 2.34. The van der Waals surface area contributed by atoms with E-state index in [2.05, 4.69) is 5.32 Å². The van der Waals surface area contributed by atoms with E-state index in [0.717, 1.165) is 18.9 Å². The molecule has 1 unspecified atom stereocenters. The van der Waals surface area contributed by atoms with Crippen LogP contribution in [0.3, 0.4) is 0 Å². The number of hydrogen-bond acceptors (Lipinski definition) is 3. The number of ether oxygens (including phenoxy) is 1. The Hall–Kier alpha value is -1.56. The second-order valence-corrected chi connectivity index (χ2v) is 4.71. The zero-order chi connectivity index (χ0) is 14.8. The number of rotatable bonds is 5. The molecule has 1 saturated carbocycles. The van der Waals surface area contributed by atoms with Gasteiger partial charge in [-0.25, -0.2) is 4.79 Å². The summed E-state index contributed by atoms with van der Waals surface area (Å²) in [6.07, 6.45) is -2.76. The predicted molar refractivity (Wildman–Crippen MR) is 67.0 cm³/mol. The van der Waals surface area contributed by atoms with Crippen molar-refractivity contribution in [1.29, 1.82) is 0 Å². The largest absolute Gasteiger partial charge is 0.465 e. The molecule has 0 aromatic heterocycles. The van der Waals surface area contributed by atoms with E-state index < -0.39 is 23.8 Å². The number of carbonyl (C=O) groups is 1. The molecule has 1 aliphatic carbocycles. The van der Waals surface area contributed by atoms with E-state index >= 15 is 0 Å². The maximum atomic E-state index is 13.0. The molecule has 1 aromatic carbocycles. The molecule has 1 atom stereocenters. The highest BCUT2D eigenvalue weighted by Crippen LogP contribution is 2.36. The minimum atomic E-state index is -4.49. The van der Waals surface area contributed by atoms with Crippen LogP contribution in [0.5, 0.6) is 0 Å². The smallest absolute Gasteiger partial charge is 0.416 e. The number of nitrogens with one attached hydrogen (secondary N) is 1. The Morgan fingerprint density at radius 2 is 2.05 bits per heavy atom. The zero-order valence-corrected chi connectivity index (χ0v) is 11.0. The SMILES string of the molecule is CCOC(=O)C(NC1CC1)c1ccccc1C(F)(F)F. The van der Waals surface area contributed by atoms with E-state index in [1.165, 1.54) is 18.2 Å². The number of benzene rings is 1. The van der Waals surface area contributed by atoms with Crippen LogP contribution < -0.4 is 5.32 Å². The van der Waals surface area contributed by atoms with Gasteiger partial charge in [0.15, 0.2) is 0 Å². The third-order valence-corrected chi connectivity index (χ3v) is 3.08. The summed E-state index contributed by atoms with van der Waals surface area (Å²) in [5, 5.41) is 2.93. The van der Waals surface area contributed by atoms with Gasteiger partial charge in [0.05, 0.1) is 12.2 Å². The van der Waals surface area contributed by atoms with Crippen LogP contribution in [-0.2, 0) is 15.7 Å². The average Bonchev–Trinajstić information content (AvgIpc) is 3.19. The first-order valence-electron chi connectivity index (χ1n) is 6.52. The maximum Gasteiger partial charge on any atom is 0.416 e. The maximum absolute atomic E-state index is 13.0. The van der Waals surface area contributed by atoms with Gasteiger partial charge in [-0.3, -0.25) is 5.32 Å². The van der Waals surface area contributed by atoms with Crippen LogP contribution in [0.25, 0.3) is 0 Å². The van der Waals surface area contributed by atoms with Crippen molar-refractivity contribution < 1.29 is 22.7 Å². The third kappa shape index (κ3) is 3.50. The fourth-order valence-corrected chi connectivity index (χ4v) is 2.00. The van der Waals surface area contributed by atoms with E-state index in [9.17, 15) is 18.0 Å². The molecule has 20 heavy (non-hydrogen) atoms. The Labute approximate surface area is 115 Å². The third-order valence-electron chi connectivity index (χ3n) is 3.08. The highest BCUT2D eigenvalue weighted by molar-refractivity contribution is 5.78. The minimum Gasteiger partial charge on any atom is -0.465 e. The first-order chi connectivity index (χ1) is 9.43. The number of esters is 1. The minimum absolute atomic E-state index is 0.0784. The fraction of sp³-hybridized carbons (Fsp3) is 0.500. The molecular weight excluding hydrogens is 271 g/mol. The van der Waals surface area contributed by atoms with Gasteiger partial charge in [-0.2, -0.15) is 13.2 Å². The van der Waals surface area contributed by atoms with Crippen molar-refractivity contribution in [3.63, 3.8) is 0 Å². The topological polar surface area (TPSA) is 38.3 Å². The molecule has 3 nitrogen and oxygen atoms in total. The molecule has 0 amide bonds. The van der Waals surface area contributed by atoms with Gasteiger partial charge in [-0.05, 0) is 31.4 Å². The molecule has 1 aliphatic rings.